The number of benzene rings is 3. The zero-order valence-electron chi connectivity index (χ0n) is 15.5. The Morgan fingerprint density at radius 3 is 2.32 bits per heavy atom. The summed E-state index contributed by atoms with van der Waals surface area (Å²) in [4.78, 5) is 12.8. The summed E-state index contributed by atoms with van der Waals surface area (Å²) in [5, 5.41) is 5.37. The molecule has 1 aliphatic rings. The Morgan fingerprint density at radius 2 is 1.57 bits per heavy atom. The Labute approximate surface area is 165 Å². The highest BCUT2D eigenvalue weighted by Gasteiger charge is 2.27. The van der Waals surface area contributed by atoms with E-state index in [4.69, 9.17) is 0 Å². The zero-order chi connectivity index (χ0) is 19.6. The van der Waals surface area contributed by atoms with E-state index in [1.807, 2.05) is 42.5 Å². The molecule has 4 rings (SSSR count). The van der Waals surface area contributed by atoms with Crippen molar-refractivity contribution in [3.05, 3.63) is 72.3 Å². The molecule has 0 radical (unpaired) electrons. The summed E-state index contributed by atoms with van der Waals surface area (Å²) < 4.78 is 26.7. The maximum Gasteiger partial charge on any atom is 0.243 e. The lowest BCUT2D eigenvalue weighted by Crippen LogP contribution is -2.27. The quantitative estimate of drug-likeness (QED) is 0.644. The van der Waals surface area contributed by atoms with Crippen LogP contribution in [0.2, 0.25) is 0 Å². The second-order valence-corrected chi connectivity index (χ2v) is 8.88. The maximum atomic E-state index is 12.6. The molecule has 1 aliphatic heterocycles. The summed E-state index contributed by atoms with van der Waals surface area (Å²) in [5.41, 5.74) is 1.40. The fourth-order valence-electron chi connectivity index (χ4n) is 3.55. The molecule has 0 atom stereocenters. The molecular weight excluding hydrogens is 372 g/mol. The number of hydrogen-bond acceptors (Lipinski definition) is 4. The summed E-state index contributed by atoms with van der Waals surface area (Å²) in [6.07, 6.45) is 1.80. The summed E-state index contributed by atoms with van der Waals surface area (Å²) in [6, 6.07) is 20.2. The Kier molecular flexibility index (Phi) is 5.15. The van der Waals surface area contributed by atoms with Crippen molar-refractivity contribution < 1.29 is 13.2 Å². The van der Waals surface area contributed by atoms with E-state index in [1.54, 1.807) is 12.1 Å². The Hall–Kier alpha value is -2.70. The lowest BCUT2D eigenvalue weighted by Gasteiger charge is -2.15. The van der Waals surface area contributed by atoms with Crippen molar-refractivity contribution in [2.75, 3.05) is 25.0 Å². The van der Waals surface area contributed by atoms with Gasteiger partial charge in [0.2, 0.25) is 10.0 Å². The molecule has 0 aromatic heterocycles. The van der Waals surface area contributed by atoms with Crippen molar-refractivity contribution in [3.8, 4) is 0 Å². The number of anilines is 1. The third kappa shape index (κ3) is 3.66. The summed E-state index contributed by atoms with van der Waals surface area (Å²) >= 11 is 0. The van der Waals surface area contributed by atoms with Crippen LogP contribution >= 0.6 is 0 Å². The summed E-state index contributed by atoms with van der Waals surface area (Å²) in [6.45, 7) is 1.28. The number of Topliss-reactive ketones (excluding diaryl/α,β-unsaturated/α-hetero) is 1. The maximum absolute atomic E-state index is 12.6. The largest absolute Gasteiger partial charge is 0.377 e. The molecule has 6 heteroatoms. The van der Waals surface area contributed by atoms with E-state index in [1.165, 1.54) is 16.4 Å². The van der Waals surface area contributed by atoms with Crippen molar-refractivity contribution in [2.24, 2.45) is 0 Å². The van der Waals surface area contributed by atoms with Crippen LogP contribution in [0.25, 0.3) is 10.8 Å². The topological polar surface area (TPSA) is 66.5 Å². The van der Waals surface area contributed by atoms with Gasteiger partial charge >= 0.3 is 0 Å². The fourth-order valence-corrected chi connectivity index (χ4v) is 5.06. The van der Waals surface area contributed by atoms with Gasteiger partial charge in [-0.1, -0.05) is 36.4 Å². The lowest BCUT2D eigenvalue weighted by atomic mass is 10.1. The molecule has 0 unspecified atom stereocenters. The summed E-state index contributed by atoms with van der Waals surface area (Å²) in [7, 11) is -3.45. The molecule has 1 saturated heterocycles. The number of carbonyl (C=O) groups is 1. The number of hydrogen-bond donors (Lipinski definition) is 1. The fraction of sp³-hybridized carbons (Fsp3) is 0.227. The first-order chi connectivity index (χ1) is 13.6. The molecule has 3 aromatic carbocycles. The smallest absolute Gasteiger partial charge is 0.243 e. The molecule has 0 amide bonds. The Balaban J connectivity index is 1.46. The van der Waals surface area contributed by atoms with E-state index in [0.717, 1.165) is 29.3 Å². The minimum absolute atomic E-state index is 0.0851. The number of nitrogens with one attached hydrogen (secondary N) is 1. The highest BCUT2D eigenvalue weighted by Crippen LogP contribution is 2.23. The van der Waals surface area contributed by atoms with Crippen molar-refractivity contribution in [3.63, 3.8) is 0 Å². The van der Waals surface area contributed by atoms with Gasteiger partial charge in [-0.05, 0) is 48.6 Å². The van der Waals surface area contributed by atoms with Crippen LogP contribution in [-0.4, -0.2) is 38.1 Å². The molecule has 28 heavy (non-hydrogen) atoms. The van der Waals surface area contributed by atoms with Gasteiger partial charge in [0.25, 0.3) is 0 Å². The van der Waals surface area contributed by atoms with Crippen LogP contribution < -0.4 is 5.32 Å². The minimum atomic E-state index is -3.45. The highest BCUT2D eigenvalue weighted by molar-refractivity contribution is 7.89. The van der Waals surface area contributed by atoms with Crippen LogP contribution in [0.15, 0.2) is 71.6 Å². The third-order valence-electron chi connectivity index (χ3n) is 5.11. The molecule has 0 spiro atoms. The minimum Gasteiger partial charge on any atom is -0.377 e. The second-order valence-electron chi connectivity index (χ2n) is 6.94. The standard InChI is InChI=1S/C22H22N2O3S/c25-22(16-23-21-9-5-7-17-6-1-2-8-20(17)21)18-10-12-19(13-11-18)28(26,27)24-14-3-4-15-24/h1-2,5-13,23H,3-4,14-16H2. The number of ketones is 1. The second kappa shape index (κ2) is 7.73. The van der Waals surface area contributed by atoms with Gasteiger partial charge in [-0.25, -0.2) is 8.42 Å². The molecule has 0 saturated carbocycles. The normalized spacial score (nSPS) is 15.0. The lowest BCUT2D eigenvalue weighted by molar-refractivity contribution is 0.101. The molecule has 144 valence electrons. The molecule has 1 heterocycles. The van der Waals surface area contributed by atoms with E-state index in [-0.39, 0.29) is 17.2 Å². The third-order valence-corrected chi connectivity index (χ3v) is 7.02. The first-order valence-electron chi connectivity index (χ1n) is 9.41. The van der Waals surface area contributed by atoms with Crippen molar-refractivity contribution in [1.29, 1.82) is 0 Å². The van der Waals surface area contributed by atoms with Crippen LogP contribution in [0.5, 0.6) is 0 Å². The molecule has 0 aliphatic carbocycles. The molecular formula is C22H22N2O3S. The van der Waals surface area contributed by atoms with Crippen molar-refractivity contribution in [1.82, 2.24) is 4.31 Å². The number of fused-ring (bicyclic) bond motifs is 1. The SMILES string of the molecule is O=C(CNc1cccc2ccccc12)c1ccc(S(=O)(=O)N2CCCC2)cc1. The summed E-state index contributed by atoms with van der Waals surface area (Å²) in [5.74, 6) is -0.0851. The monoisotopic (exact) mass is 394 g/mol. The molecule has 1 N–H and O–H groups in total. The predicted octanol–water partition coefficient (Wildman–Crippen LogP) is 3.92. The van der Waals surface area contributed by atoms with Gasteiger partial charge in [-0.15, -0.1) is 0 Å². The molecule has 5 nitrogen and oxygen atoms in total. The molecule has 0 bridgehead atoms. The Bertz CT molecular complexity index is 1100. The van der Waals surface area contributed by atoms with Crippen molar-refractivity contribution in [2.45, 2.75) is 17.7 Å². The van der Waals surface area contributed by atoms with E-state index in [9.17, 15) is 13.2 Å². The molecule has 1 fully saturated rings. The van der Waals surface area contributed by atoms with Gasteiger partial charge < -0.3 is 5.32 Å². The van der Waals surface area contributed by atoms with Gasteiger partial charge in [0.15, 0.2) is 5.78 Å². The first kappa shape index (κ1) is 18.7. The van der Waals surface area contributed by atoms with Crippen LogP contribution in [0.1, 0.15) is 23.2 Å². The average molecular weight is 394 g/mol. The van der Waals surface area contributed by atoms with E-state index < -0.39 is 10.0 Å². The first-order valence-corrected chi connectivity index (χ1v) is 10.8. The molecule has 3 aromatic rings. The van der Waals surface area contributed by atoms with E-state index in [2.05, 4.69) is 5.32 Å². The number of rotatable bonds is 6. The van der Waals surface area contributed by atoms with Crippen LogP contribution in [-0.2, 0) is 10.0 Å². The highest BCUT2D eigenvalue weighted by atomic mass is 32.2. The zero-order valence-corrected chi connectivity index (χ0v) is 16.3. The number of sulfonamides is 1. The van der Waals surface area contributed by atoms with Crippen LogP contribution in [0.3, 0.4) is 0 Å². The van der Waals surface area contributed by atoms with E-state index >= 15 is 0 Å². The van der Waals surface area contributed by atoms with E-state index in [0.29, 0.717) is 18.7 Å². The van der Waals surface area contributed by atoms with Crippen LogP contribution in [0.4, 0.5) is 5.69 Å². The predicted molar refractivity (Wildman–Crippen MR) is 111 cm³/mol. The van der Waals surface area contributed by atoms with Gasteiger partial charge in [-0.3, -0.25) is 4.79 Å². The Morgan fingerprint density at radius 1 is 0.893 bits per heavy atom. The number of nitrogens with zero attached hydrogens (tertiary/aromatic N) is 1. The van der Waals surface area contributed by atoms with Gasteiger partial charge in [0, 0.05) is 29.7 Å². The van der Waals surface area contributed by atoms with Gasteiger partial charge in [0.1, 0.15) is 0 Å². The van der Waals surface area contributed by atoms with Crippen LogP contribution in [0, 0.1) is 0 Å². The average Bonchev–Trinajstić information content (AvgIpc) is 3.28. The van der Waals surface area contributed by atoms with Gasteiger partial charge in [-0.2, -0.15) is 4.31 Å². The van der Waals surface area contributed by atoms with Crippen molar-refractivity contribution >= 4 is 32.3 Å². The number of carbonyl (C=O) groups excluding carboxylic acids is 1. The van der Waals surface area contributed by atoms with Gasteiger partial charge in [0.05, 0.1) is 11.4 Å².